The minimum absolute atomic E-state index is 0.323. The molecule has 0 aliphatic carbocycles. The molecule has 0 spiro atoms. The monoisotopic (exact) mass is 218 g/mol. The second-order valence-corrected chi connectivity index (χ2v) is 5.25. The predicted molar refractivity (Wildman–Crippen MR) is 68.4 cm³/mol. The number of hydrogen-bond donors (Lipinski definition) is 1. The van der Waals surface area contributed by atoms with Crippen molar-refractivity contribution in [2.75, 3.05) is 20.1 Å². The van der Waals surface area contributed by atoms with Gasteiger partial charge in [-0.2, -0.15) is 0 Å². The lowest BCUT2D eigenvalue weighted by atomic mass is 9.99. The maximum atomic E-state index is 3.61. The molecule has 88 valence electrons. The van der Waals surface area contributed by atoms with Gasteiger partial charge in [-0.1, -0.05) is 30.3 Å². The van der Waals surface area contributed by atoms with Gasteiger partial charge in [0, 0.05) is 18.6 Å². The fourth-order valence-electron chi connectivity index (χ4n) is 2.64. The first-order valence-corrected chi connectivity index (χ1v) is 6.15. The molecule has 1 aliphatic rings. The first kappa shape index (κ1) is 11.6. The molecule has 2 rings (SSSR count). The zero-order valence-corrected chi connectivity index (χ0v) is 10.4. The highest BCUT2D eigenvalue weighted by Gasteiger charge is 2.28. The number of nitrogens with zero attached hydrogens (tertiary/aromatic N) is 1. The molecule has 1 fully saturated rings. The summed E-state index contributed by atoms with van der Waals surface area (Å²) in [6.07, 6.45) is 2.61. The molecule has 1 saturated heterocycles. The molecular weight excluding hydrogens is 196 g/mol. The summed E-state index contributed by atoms with van der Waals surface area (Å²) in [4.78, 5) is 2.41. The van der Waals surface area contributed by atoms with E-state index in [0.717, 1.165) is 13.1 Å². The van der Waals surface area contributed by atoms with E-state index in [-0.39, 0.29) is 0 Å². The van der Waals surface area contributed by atoms with Gasteiger partial charge in [0.1, 0.15) is 0 Å². The van der Waals surface area contributed by atoms with Gasteiger partial charge in [-0.25, -0.2) is 0 Å². The van der Waals surface area contributed by atoms with Crippen LogP contribution in [0, 0.1) is 0 Å². The van der Waals surface area contributed by atoms with Gasteiger partial charge in [0.25, 0.3) is 0 Å². The van der Waals surface area contributed by atoms with E-state index < -0.39 is 0 Å². The van der Waals surface area contributed by atoms with Crippen molar-refractivity contribution in [1.29, 1.82) is 0 Å². The van der Waals surface area contributed by atoms with E-state index in [1.807, 2.05) is 0 Å². The molecule has 0 saturated carbocycles. The van der Waals surface area contributed by atoms with Crippen molar-refractivity contribution in [2.45, 2.75) is 31.8 Å². The van der Waals surface area contributed by atoms with Crippen LogP contribution in [0.2, 0.25) is 0 Å². The Labute approximate surface area is 98.7 Å². The molecule has 1 heterocycles. The quantitative estimate of drug-likeness (QED) is 0.834. The van der Waals surface area contributed by atoms with Crippen molar-refractivity contribution in [1.82, 2.24) is 10.2 Å². The van der Waals surface area contributed by atoms with Crippen LogP contribution in [-0.4, -0.2) is 30.6 Å². The number of nitrogens with one attached hydrogen (secondary N) is 1. The Morgan fingerprint density at radius 3 is 2.69 bits per heavy atom. The van der Waals surface area contributed by atoms with Gasteiger partial charge in [-0.3, -0.25) is 0 Å². The molecule has 1 unspecified atom stereocenters. The van der Waals surface area contributed by atoms with Crippen molar-refractivity contribution in [3.8, 4) is 0 Å². The van der Waals surface area contributed by atoms with Gasteiger partial charge < -0.3 is 10.2 Å². The molecule has 2 heteroatoms. The minimum Gasteiger partial charge on any atom is -0.310 e. The molecule has 1 aromatic rings. The Balaban J connectivity index is 1.86. The van der Waals surface area contributed by atoms with Gasteiger partial charge in [0.15, 0.2) is 0 Å². The van der Waals surface area contributed by atoms with Crippen LogP contribution in [0.15, 0.2) is 30.3 Å². The smallest absolute Gasteiger partial charge is 0.0280 e. The molecule has 1 N–H and O–H groups in total. The third-order valence-electron chi connectivity index (χ3n) is 3.37. The molecule has 0 aromatic heterocycles. The Morgan fingerprint density at radius 2 is 2.06 bits per heavy atom. The second kappa shape index (κ2) is 4.98. The summed E-state index contributed by atoms with van der Waals surface area (Å²) >= 11 is 0. The fourth-order valence-corrected chi connectivity index (χ4v) is 2.64. The van der Waals surface area contributed by atoms with Gasteiger partial charge in [-0.05, 0) is 38.9 Å². The van der Waals surface area contributed by atoms with Gasteiger partial charge >= 0.3 is 0 Å². The lowest BCUT2D eigenvalue weighted by molar-refractivity contribution is 0.234. The van der Waals surface area contributed by atoms with Crippen molar-refractivity contribution < 1.29 is 0 Å². The van der Waals surface area contributed by atoms with E-state index in [4.69, 9.17) is 0 Å². The predicted octanol–water partition coefficient (Wildman–Crippen LogP) is 2.26. The standard InChI is InChI=1S/C14H22N2/c1-14(9-6-10-15-14)12-16(2)11-13-7-4-3-5-8-13/h3-5,7-8,15H,6,9-12H2,1-2H3. The first-order valence-electron chi connectivity index (χ1n) is 6.15. The van der Waals surface area contributed by atoms with Gasteiger partial charge in [0.05, 0.1) is 0 Å². The summed E-state index contributed by atoms with van der Waals surface area (Å²) in [5, 5.41) is 3.61. The summed E-state index contributed by atoms with van der Waals surface area (Å²) in [7, 11) is 2.21. The Kier molecular flexibility index (Phi) is 3.62. The molecule has 2 nitrogen and oxygen atoms in total. The summed E-state index contributed by atoms with van der Waals surface area (Å²) in [6, 6.07) is 10.7. The average molecular weight is 218 g/mol. The Hall–Kier alpha value is -0.860. The summed E-state index contributed by atoms with van der Waals surface area (Å²) in [5.41, 5.74) is 1.72. The molecule has 16 heavy (non-hydrogen) atoms. The summed E-state index contributed by atoms with van der Waals surface area (Å²) in [6.45, 7) is 5.68. The molecule has 1 aromatic carbocycles. The van der Waals surface area contributed by atoms with Crippen molar-refractivity contribution in [3.63, 3.8) is 0 Å². The highest BCUT2D eigenvalue weighted by molar-refractivity contribution is 5.14. The third kappa shape index (κ3) is 3.06. The second-order valence-electron chi connectivity index (χ2n) is 5.25. The Bertz CT molecular complexity index is 315. The van der Waals surface area contributed by atoms with Crippen LogP contribution < -0.4 is 5.32 Å². The number of likely N-dealkylation sites (N-methyl/N-ethyl adjacent to an activating group) is 1. The first-order chi connectivity index (χ1) is 7.68. The van der Waals surface area contributed by atoms with E-state index in [0.29, 0.717) is 5.54 Å². The topological polar surface area (TPSA) is 15.3 Å². The van der Waals surface area contributed by atoms with E-state index in [1.54, 1.807) is 0 Å². The lowest BCUT2D eigenvalue weighted by Gasteiger charge is -2.30. The van der Waals surface area contributed by atoms with Crippen molar-refractivity contribution in [3.05, 3.63) is 35.9 Å². The minimum atomic E-state index is 0.323. The Morgan fingerprint density at radius 1 is 1.31 bits per heavy atom. The van der Waals surface area contributed by atoms with Crippen LogP contribution in [0.4, 0.5) is 0 Å². The highest BCUT2D eigenvalue weighted by atomic mass is 15.1. The van der Waals surface area contributed by atoms with E-state index >= 15 is 0 Å². The SMILES string of the molecule is CN(Cc1ccccc1)CC1(C)CCCN1. The largest absolute Gasteiger partial charge is 0.310 e. The summed E-state index contributed by atoms with van der Waals surface area (Å²) < 4.78 is 0. The highest BCUT2D eigenvalue weighted by Crippen LogP contribution is 2.19. The van der Waals surface area contributed by atoms with Crippen LogP contribution in [0.3, 0.4) is 0 Å². The molecular formula is C14H22N2. The van der Waals surface area contributed by atoms with Crippen LogP contribution >= 0.6 is 0 Å². The van der Waals surface area contributed by atoms with Crippen LogP contribution in [0.5, 0.6) is 0 Å². The molecule has 1 atom stereocenters. The number of rotatable bonds is 4. The molecule has 1 aliphatic heterocycles. The molecule has 0 amide bonds. The third-order valence-corrected chi connectivity index (χ3v) is 3.37. The number of hydrogen-bond acceptors (Lipinski definition) is 2. The van der Waals surface area contributed by atoms with Crippen molar-refractivity contribution >= 4 is 0 Å². The molecule has 0 radical (unpaired) electrons. The van der Waals surface area contributed by atoms with Gasteiger partial charge in [0.2, 0.25) is 0 Å². The zero-order chi connectivity index (χ0) is 11.4. The van der Waals surface area contributed by atoms with Crippen LogP contribution in [0.1, 0.15) is 25.3 Å². The number of benzene rings is 1. The van der Waals surface area contributed by atoms with Crippen molar-refractivity contribution in [2.24, 2.45) is 0 Å². The fraction of sp³-hybridized carbons (Fsp3) is 0.571. The molecule has 0 bridgehead atoms. The van der Waals surface area contributed by atoms with E-state index in [9.17, 15) is 0 Å². The zero-order valence-electron chi connectivity index (χ0n) is 10.4. The lowest BCUT2D eigenvalue weighted by Crippen LogP contribution is -2.46. The maximum Gasteiger partial charge on any atom is 0.0280 e. The summed E-state index contributed by atoms with van der Waals surface area (Å²) in [5.74, 6) is 0. The van der Waals surface area contributed by atoms with E-state index in [2.05, 4.69) is 54.5 Å². The van der Waals surface area contributed by atoms with E-state index in [1.165, 1.54) is 24.9 Å². The average Bonchev–Trinajstić information content (AvgIpc) is 2.66. The maximum absolute atomic E-state index is 3.61. The van der Waals surface area contributed by atoms with Gasteiger partial charge in [-0.15, -0.1) is 0 Å². The van der Waals surface area contributed by atoms with Crippen LogP contribution in [-0.2, 0) is 6.54 Å². The van der Waals surface area contributed by atoms with Crippen LogP contribution in [0.25, 0.3) is 0 Å². The normalized spacial score (nSPS) is 25.2.